The fourth-order valence-corrected chi connectivity index (χ4v) is 2.50. The monoisotopic (exact) mass is 231 g/mol. The maximum atomic E-state index is 12.9. The minimum atomic E-state index is -3.52. The topological polar surface area (TPSA) is 46.2 Å². The van der Waals surface area contributed by atoms with E-state index in [0.29, 0.717) is 5.56 Å². The van der Waals surface area contributed by atoms with Crippen LogP contribution < -0.4 is 4.72 Å². The quantitative estimate of drug-likeness (QED) is 0.862. The van der Waals surface area contributed by atoms with E-state index in [-0.39, 0.29) is 10.9 Å². The number of hydrogen-bond acceptors (Lipinski definition) is 2. The van der Waals surface area contributed by atoms with Gasteiger partial charge < -0.3 is 0 Å². The van der Waals surface area contributed by atoms with Crippen molar-refractivity contribution in [3.8, 4) is 0 Å². The van der Waals surface area contributed by atoms with Crippen LogP contribution in [0.15, 0.2) is 23.1 Å². The van der Waals surface area contributed by atoms with Crippen molar-refractivity contribution in [3.63, 3.8) is 0 Å². The molecule has 0 unspecified atom stereocenters. The Morgan fingerprint density at radius 3 is 2.40 bits per heavy atom. The van der Waals surface area contributed by atoms with Crippen LogP contribution in [0.5, 0.6) is 0 Å². The molecule has 3 nitrogen and oxygen atoms in total. The van der Waals surface area contributed by atoms with Crippen molar-refractivity contribution in [1.29, 1.82) is 0 Å². The van der Waals surface area contributed by atoms with Crippen LogP contribution in [0.3, 0.4) is 0 Å². The summed E-state index contributed by atoms with van der Waals surface area (Å²) in [6.45, 7) is 4.99. The number of aryl methyl sites for hydroxylation is 1. The Balaban J connectivity index is 3.11. The van der Waals surface area contributed by atoms with Crippen molar-refractivity contribution in [2.45, 2.75) is 31.7 Å². The lowest BCUT2D eigenvalue weighted by Crippen LogP contribution is -2.30. The minimum Gasteiger partial charge on any atom is -0.209 e. The van der Waals surface area contributed by atoms with Crippen LogP contribution in [0.25, 0.3) is 0 Å². The summed E-state index contributed by atoms with van der Waals surface area (Å²) >= 11 is 0. The van der Waals surface area contributed by atoms with Gasteiger partial charge in [0.05, 0.1) is 4.90 Å². The van der Waals surface area contributed by atoms with E-state index >= 15 is 0 Å². The predicted molar refractivity (Wildman–Crippen MR) is 56.6 cm³/mol. The van der Waals surface area contributed by atoms with Gasteiger partial charge in [-0.3, -0.25) is 0 Å². The van der Waals surface area contributed by atoms with E-state index in [0.717, 1.165) is 6.07 Å². The Labute approximate surface area is 89.4 Å². The van der Waals surface area contributed by atoms with E-state index in [9.17, 15) is 12.8 Å². The molecule has 1 aromatic rings. The summed E-state index contributed by atoms with van der Waals surface area (Å²) in [4.78, 5) is 0.0927. The lowest BCUT2D eigenvalue weighted by atomic mass is 10.2. The molecule has 0 saturated carbocycles. The third-order valence-electron chi connectivity index (χ3n) is 1.83. The van der Waals surface area contributed by atoms with Crippen LogP contribution in [0.4, 0.5) is 4.39 Å². The molecule has 0 atom stereocenters. The Hall–Kier alpha value is -0.940. The van der Waals surface area contributed by atoms with Gasteiger partial charge in [0.1, 0.15) is 5.82 Å². The average Bonchev–Trinajstić information content (AvgIpc) is 2.07. The van der Waals surface area contributed by atoms with Gasteiger partial charge in [-0.05, 0) is 44.5 Å². The number of nitrogens with one attached hydrogen (secondary N) is 1. The molecule has 0 heterocycles. The molecule has 1 rings (SSSR count). The fraction of sp³-hybridized carbons (Fsp3) is 0.400. The van der Waals surface area contributed by atoms with Gasteiger partial charge in [-0.2, -0.15) is 0 Å². The van der Waals surface area contributed by atoms with E-state index in [2.05, 4.69) is 4.72 Å². The molecule has 0 amide bonds. The molecular weight excluding hydrogens is 217 g/mol. The summed E-state index contributed by atoms with van der Waals surface area (Å²) in [5.74, 6) is -0.404. The molecule has 0 aliphatic heterocycles. The van der Waals surface area contributed by atoms with Gasteiger partial charge in [0, 0.05) is 6.04 Å². The third-order valence-corrected chi connectivity index (χ3v) is 3.49. The van der Waals surface area contributed by atoms with Crippen LogP contribution in [0.1, 0.15) is 19.4 Å². The number of sulfonamides is 1. The van der Waals surface area contributed by atoms with Crippen LogP contribution in [-0.2, 0) is 10.0 Å². The van der Waals surface area contributed by atoms with Gasteiger partial charge in [-0.25, -0.2) is 17.5 Å². The highest BCUT2D eigenvalue weighted by Gasteiger charge is 2.15. The normalized spacial score (nSPS) is 12.1. The molecule has 0 bridgehead atoms. The van der Waals surface area contributed by atoms with Crippen LogP contribution >= 0.6 is 0 Å². The van der Waals surface area contributed by atoms with Gasteiger partial charge in [0.25, 0.3) is 0 Å². The van der Waals surface area contributed by atoms with Crippen LogP contribution in [-0.4, -0.2) is 14.5 Å². The lowest BCUT2D eigenvalue weighted by Gasteiger charge is -2.10. The SMILES string of the molecule is Cc1cc(S(=O)(=O)NC(C)C)ccc1F. The summed E-state index contributed by atoms with van der Waals surface area (Å²) < 4.78 is 38.7. The molecule has 0 aliphatic carbocycles. The minimum absolute atomic E-state index is 0.0927. The highest BCUT2D eigenvalue weighted by Crippen LogP contribution is 2.14. The van der Waals surface area contributed by atoms with E-state index in [1.165, 1.54) is 19.1 Å². The highest BCUT2D eigenvalue weighted by molar-refractivity contribution is 7.89. The smallest absolute Gasteiger partial charge is 0.209 e. The van der Waals surface area contributed by atoms with Gasteiger partial charge in [-0.1, -0.05) is 0 Å². The molecule has 1 N–H and O–H groups in total. The standard InChI is InChI=1S/C10H14FNO2S/c1-7(2)12-15(13,14)9-4-5-10(11)8(3)6-9/h4-7,12H,1-3H3. The maximum Gasteiger partial charge on any atom is 0.240 e. The first kappa shape index (κ1) is 12.1. The second-order valence-corrected chi connectivity index (χ2v) is 5.40. The number of rotatable bonds is 3. The zero-order chi connectivity index (χ0) is 11.6. The molecule has 0 aromatic heterocycles. The first-order valence-electron chi connectivity index (χ1n) is 4.61. The molecule has 0 spiro atoms. The Kier molecular flexibility index (Phi) is 3.46. The molecule has 0 radical (unpaired) electrons. The fourth-order valence-electron chi connectivity index (χ4n) is 1.16. The largest absolute Gasteiger partial charge is 0.240 e. The Bertz CT molecular complexity index is 454. The second-order valence-electron chi connectivity index (χ2n) is 3.69. The van der Waals surface area contributed by atoms with E-state index in [4.69, 9.17) is 0 Å². The molecule has 0 fully saturated rings. The molecular formula is C10H14FNO2S. The highest BCUT2D eigenvalue weighted by atomic mass is 32.2. The van der Waals surface area contributed by atoms with Crippen molar-refractivity contribution in [3.05, 3.63) is 29.6 Å². The predicted octanol–water partition coefficient (Wildman–Crippen LogP) is 1.82. The summed E-state index contributed by atoms with van der Waals surface area (Å²) in [5, 5.41) is 0. The van der Waals surface area contributed by atoms with Crippen LogP contribution in [0, 0.1) is 12.7 Å². The van der Waals surface area contributed by atoms with Gasteiger partial charge >= 0.3 is 0 Å². The maximum absolute atomic E-state index is 12.9. The van der Waals surface area contributed by atoms with Crippen molar-refractivity contribution >= 4 is 10.0 Å². The number of benzene rings is 1. The summed E-state index contributed by atoms with van der Waals surface area (Å²) in [5.41, 5.74) is 0.321. The average molecular weight is 231 g/mol. The summed E-state index contributed by atoms with van der Waals surface area (Å²) in [6, 6.07) is 3.55. The Morgan fingerprint density at radius 1 is 1.33 bits per heavy atom. The van der Waals surface area contributed by atoms with Crippen molar-refractivity contribution < 1.29 is 12.8 Å². The molecule has 15 heavy (non-hydrogen) atoms. The van der Waals surface area contributed by atoms with E-state index < -0.39 is 15.8 Å². The van der Waals surface area contributed by atoms with Crippen molar-refractivity contribution in [1.82, 2.24) is 4.72 Å². The first-order chi connectivity index (χ1) is 6.83. The van der Waals surface area contributed by atoms with Gasteiger partial charge in [-0.15, -0.1) is 0 Å². The molecule has 0 saturated heterocycles. The van der Waals surface area contributed by atoms with E-state index in [1.54, 1.807) is 13.8 Å². The second kappa shape index (κ2) is 4.28. The molecule has 5 heteroatoms. The molecule has 84 valence electrons. The zero-order valence-electron chi connectivity index (χ0n) is 8.91. The van der Waals surface area contributed by atoms with Gasteiger partial charge in [0.15, 0.2) is 0 Å². The number of hydrogen-bond donors (Lipinski definition) is 1. The zero-order valence-corrected chi connectivity index (χ0v) is 9.73. The Morgan fingerprint density at radius 2 is 1.93 bits per heavy atom. The van der Waals surface area contributed by atoms with E-state index in [1.807, 2.05) is 0 Å². The summed E-state index contributed by atoms with van der Waals surface area (Å²) in [6.07, 6.45) is 0. The third kappa shape index (κ3) is 3.00. The van der Waals surface area contributed by atoms with Crippen molar-refractivity contribution in [2.24, 2.45) is 0 Å². The molecule has 0 aliphatic rings. The first-order valence-corrected chi connectivity index (χ1v) is 6.10. The lowest BCUT2D eigenvalue weighted by molar-refractivity contribution is 0.568. The van der Waals surface area contributed by atoms with Crippen molar-refractivity contribution in [2.75, 3.05) is 0 Å². The molecule has 1 aromatic carbocycles. The van der Waals surface area contributed by atoms with Crippen LogP contribution in [0.2, 0.25) is 0 Å². The van der Waals surface area contributed by atoms with Gasteiger partial charge in [0.2, 0.25) is 10.0 Å². The number of halogens is 1. The summed E-state index contributed by atoms with van der Waals surface area (Å²) in [7, 11) is -3.52.